The number of aliphatic hydroxyl groups excluding tert-OH is 1. The van der Waals surface area contributed by atoms with Gasteiger partial charge in [-0.05, 0) is 154 Å². The standard InChI is InChI=1S/C22H28FN7O.C21H27N7O2.C21H27N7O/c1-21(2)9-16(19(23)22(3,4)29-21)26-20-24-11-17(27-28-20)15-7-6-13(8-18(15)31)14-10-25-30(5)12-14;1-21(2,3)25-16-4-5-28(11-16)20-22-10-17(26-27-20)19-14(12-29)6-13(7-18(19)30)15-8-23-24-9-15;1-13-17(10-23-25-13)14-5-6-16(19(29)9-14)18-11-22-20(27-26-18)28-8-7-15(12-28)24-21(2,3)4/h6-8,10-12,16,19,29,31H,9H2,1-5H3,(H,24,26,28);6-10,16,25,29-30H,4-5,11-12H2,1-3H3,(H,23,24);5-6,9-11,15,24,29H,7-8,12H2,1-4H3,(H,23,25)/t16?,19-;;/m0../s1/i5D3;;. The molecule has 0 bridgehead atoms. The van der Waals surface area contributed by atoms with Crippen LogP contribution < -0.4 is 31.1 Å². The summed E-state index contributed by atoms with van der Waals surface area (Å²) in [6.07, 6.45) is 14.1. The Morgan fingerprint density at radius 3 is 1.76 bits per heavy atom. The molecule has 3 aromatic carbocycles. The number of rotatable bonds is 13. The summed E-state index contributed by atoms with van der Waals surface area (Å²) in [7, 11) is 0. The second-order valence-electron chi connectivity index (χ2n) is 26.4. The average molecular weight is 1230 g/mol. The fourth-order valence-corrected chi connectivity index (χ4v) is 12.0. The van der Waals surface area contributed by atoms with Gasteiger partial charge in [0.15, 0.2) is 0 Å². The zero-order valence-corrected chi connectivity index (χ0v) is 52.6. The average Bonchev–Trinajstić information content (AvgIpc) is 1.65. The van der Waals surface area contributed by atoms with Crippen LogP contribution in [0.2, 0.25) is 0 Å². The third-order valence-corrected chi connectivity index (χ3v) is 15.7. The summed E-state index contributed by atoms with van der Waals surface area (Å²) >= 11 is 0. The minimum atomic E-state index is -2.38. The molecule has 474 valence electrons. The molecule has 25 nitrogen and oxygen atoms in total. The van der Waals surface area contributed by atoms with Gasteiger partial charge in [-0.1, -0.05) is 12.1 Å². The lowest BCUT2D eigenvalue weighted by Crippen LogP contribution is -2.67. The van der Waals surface area contributed by atoms with Crippen molar-refractivity contribution in [2.24, 2.45) is 6.98 Å². The van der Waals surface area contributed by atoms with Crippen molar-refractivity contribution < 1.29 is 28.9 Å². The van der Waals surface area contributed by atoms with Crippen LogP contribution in [0.25, 0.3) is 67.2 Å². The van der Waals surface area contributed by atoms with Crippen LogP contribution in [0.15, 0.2) is 98.1 Å². The topological polar surface area (TPSA) is 327 Å². The zero-order valence-electron chi connectivity index (χ0n) is 55.6. The Morgan fingerprint density at radius 2 is 1.24 bits per heavy atom. The molecule has 6 aromatic heterocycles. The molecule has 12 rings (SSSR count). The fraction of sp³-hybridized carbons (Fsp3) is 0.438. The van der Waals surface area contributed by atoms with Gasteiger partial charge in [0, 0.05) is 117 Å². The molecule has 0 amide bonds. The van der Waals surface area contributed by atoms with Crippen molar-refractivity contribution in [3.05, 3.63) is 109 Å². The summed E-state index contributed by atoms with van der Waals surface area (Å²) in [6.45, 7) is 23.5. The Labute approximate surface area is 527 Å². The molecule has 90 heavy (non-hydrogen) atoms. The predicted molar refractivity (Wildman–Crippen MR) is 344 cm³/mol. The highest BCUT2D eigenvalue weighted by Gasteiger charge is 2.46. The minimum Gasteiger partial charge on any atom is -0.507 e. The molecule has 3 aliphatic heterocycles. The summed E-state index contributed by atoms with van der Waals surface area (Å²) in [5.41, 5.74) is 8.00. The van der Waals surface area contributed by atoms with E-state index in [1.54, 1.807) is 61.3 Å². The van der Waals surface area contributed by atoms with Gasteiger partial charge in [0.05, 0.1) is 55.4 Å². The van der Waals surface area contributed by atoms with Crippen LogP contribution in [0.1, 0.15) is 104 Å². The molecule has 3 fully saturated rings. The molecule has 3 aliphatic rings. The van der Waals surface area contributed by atoms with E-state index in [-0.39, 0.29) is 46.4 Å². The van der Waals surface area contributed by atoms with E-state index in [4.69, 9.17) is 4.11 Å². The van der Waals surface area contributed by atoms with Gasteiger partial charge in [-0.15, -0.1) is 30.6 Å². The van der Waals surface area contributed by atoms with E-state index >= 15 is 4.39 Å². The molecule has 0 aliphatic carbocycles. The maximum Gasteiger partial charge on any atom is 0.245 e. The van der Waals surface area contributed by atoms with Crippen molar-refractivity contribution in [1.82, 2.24) is 91.7 Å². The van der Waals surface area contributed by atoms with Gasteiger partial charge in [-0.2, -0.15) is 15.3 Å². The number of aromatic amines is 2. The van der Waals surface area contributed by atoms with Crippen LogP contribution in [0.3, 0.4) is 0 Å². The van der Waals surface area contributed by atoms with E-state index in [1.807, 2.05) is 46.8 Å². The van der Waals surface area contributed by atoms with Gasteiger partial charge in [-0.25, -0.2) is 19.3 Å². The van der Waals surface area contributed by atoms with Crippen LogP contribution in [-0.2, 0) is 13.6 Å². The lowest BCUT2D eigenvalue weighted by Gasteiger charge is -2.48. The number of aryl methyl sites for hydroxylation is 2. The van der Waals surface area contributed by atoms with Gasteiger partial charge in [0.1, 0.15) is 40.5 Å². The minimum absolute atomic E-state index is 0.0113. The monoisotopic (exact) mass is 1230 g/mol. The molecule has 4 atom stereocenters. The van der Waals surface area contributed by atoms with E-state index in [9.17, 15) is 20.4 Å². The molecule has 26 heteroatoms. The zero-order chi connectivity index (χ0) is 66.8. The number of aliphatic hydroxyl groups is 1. The van der Waals surface area contributed by atoms with E-state index in [2.05, 4.69) is 144 Å². The first-order chi connectivity index (χ1) is 43.9. The number of aromatic nitrogens is 15. The first-order valence-electron chi connectivity index (χ1n) is 31.4. The van der Waals surface area contributed by atoms with Gasteiger partial charge in [-0.3, -0.25) is 14.9 Å². The summed E-state index contributed by atoms with van der Waals surface area (Å²) in [5, 5.41) is 98.1. The molecular formula is C64H82FN21O4. The van der Waals surface area contributed by atoms with Crippen LogP contribution in [0.4, 0.5) is 22.2 Å². The van der Waals surface area contributed by atoms with Crippen molar-refractivity contribution in [2.75, 3.05) is 41.3 Å². The highest BCUT2D eigenvalue weighted by molar-refractivity contribution is 5.78. The Balaban J connectivity index is 0.000000153. The number of nitrogens with one attached hydrogen (secondary N) is 6. The van der Waals surface area contributed by atoms with Crippen LogP contribution in [-0.4, -0.2) is 169 Å². The van der Waals surface area contributed by atoms with Gasteiger partial charge in [0.25, 0.3) is 0 Å². The molecule has 0 saturated carbocycles. The maximum atomic E-state index is 15.0. The van der Waals surface area contributed by atoms with E-state index < -0.39 is 24.7 Å². The number of hydrogen-bond acceptors (Lipinski definition) is 22. The van der Waals surface area contributed by atoms with Crippen molar-refractivity contribution in [1.29, 1.82) is 0 Å². The maximum absolute atomic E-state index is 15.0. The van der Waals surface area contributed by atoms with Crippen molar-refractivity contribution in [3.63, 3.8) is 0 Å². The largest absolute Gasteiger partial charge is 0.507 e. The highest BCUT2D eigenvalue weighted by Crippen LogP contribution is 2.38. The third-order valence-electron chi connectivity index (χ3n) is 15.7. The SMILES string of the molecule is CC(C)(C)NC1CCN(c2ncc(-c3c(O)cc(-c4cn[nH]c4)cc3CO)nn2)C1.Cc1[nH]ncc1-c1ccc(-c2cnc(N3CCC(NC(C)(C)C)C3)nn2)c(O)c1.[2H]C([2H])([2H])n1cc(-c2ccc(-c3cnc(NC4CC(C)(C)NC(C)(C)[C@H]4F)nn3)c(O)c2)cn1. The number of alkyl halides is 1. The number of H-pyrrole nitrogens is 2. The van der Waals surface area contributed by atoms with Crippen molar-refractivity contribution in [2.45, 2.75) is 148 Å². The molecule has 0 radical (unpaired) electrons. The Bertz CT molecular complexity index is 3990. The summed E-state index contributed by atoms with van der Waals surface area (Å²) in [4.78, 5) is 17.5. The van der Waals surface area contributed by atoms with Gasteiger partial charge in [0.2, 0.25) is 17.8 Å². The molecule has 9 aromatic rings. The molecule has 9 heterocycles. The number of anilines is 3. The number of hydrogen-bond donors (Lipinski definition) is 10. The third kappa shape index (κ3) is 15.5. The van der Waals surface area contributed by atoms with Gasteiger partial charge < -0.3 is 51.5 Å². The summed E-state index contributed by atoms with van der Waals surface area (Å²) in [5.74, 6) is 1.48. The fourth-order valence-electron chi connectivity index (χ4n) is 12.0. The van der Waals surface area contributed by atoms with Crippen LogP contribution >= 0.6 is 0 Å². The molecule has 3 unspecified atom stereocenters. The normalized spacial score (nSPS) is 19.5. The quantitative estimate of drug-likeness (QED) is 0.0518. The number of phenols is 3. The van der Waals surface area contributed by atoms with Crippen LogP contribution in [0.5, 0.6) is 17.2 Å². The number of aromatic hydroxyl groups is 3. The molecule has 10 N–H and O–H groups in total. The first kappa shape index (κ1) is 59.8. The lowest BCUT2D eigenvalue weighted by atomic mass is 9.78. The number of halogens is 1. The molecule has 0 spiro atoms. The summed E-state index contributed by atoms with van der Waals surface area (Å²) in [6, 6.07) is 14.1. The first-order valence-corrected chi connectivity index (χ1v) is 29.9. The van der Waals surface area contributed by atoms with Crippen molar-refractivity contribution in [3.8, 4) is 84.4 Å². The van der Waals surface area contributed by atoms with E-state index in [1.165, 1.54) is 24.7 Å². The number of piperidine rings is 1. The highest BCUT2D eigenvalue weighted by atomic mass is 19.1. The van der Waals surface area contributed by atoms with Crippen LogP contribution in [0, 0.1) is 6.92 Å². The molecular weight excluding hydrogens is 1150 g/mol. The van der Waals surface area contributed by atoms with E-state index in [0.717, 1.165) is 71.7 Å². The Hall–Kier alpha value is -9.11. The van der Waals surface area contributed by atoms with Gasteiger partial charge >= 0.3 is 0 Å². The smallest absolute Gasteiger partial charge is 0.245 e. The predicted octanol–water partition coefficient (Wildman–Crippen LogP) is 8.32. The number of nitrogens with zero attached hydrogens (tertiary/aromatic N) is 15. The number of phenolic OH excluding ortho intramolecular Hbond substituents is 3. The lowest BCUT2D eigenvalue weighted by molar-refractivity contribution is 0.0654. The summed E-state index contributed by atoms with van der Waals surface area (Å²) < 4.78 is 38.2. The number of benzene rings is 3. The van der Waals surface area contributed by atoms with E-state index in [0.29, 0.717) is 80.9 Å². The molecule has 3 saturated heterocycles. The second kappa shape index (κ2) is 26.1. The Morgan fingerprint density at radius 1 is 0.656 bits per heavy atom. The second-order valence-corrected chi connectivity index (χ2v) is 26.4. The Kier molecular flexibility index (Phi) is 17.4. The van der Waals surface area contributed by atoms with Crippen molar-refractivity contribution >= 4 is 17.8 Å².